The van der Waals surface area contributed by atoms with Crippen LogP contribution in [0.1, 0.15) is 187 Å². The van der Waals surface area contributed by atoms with E-state index in [2.05, 4.69) is 74.6 Å². The minimum atomic E-state index is -4.63. The molecule has 0 heterocycles. The molecule has 0 radical (unpaired) electrons. The van der Waals surface area contributed by atoms with E-state index in [0.29, 0.717) is 13.0 Å². The summed E-state index contributed by atoms with van der Waals surface area (Å²) < 4.78 is 33.4. The van der Waals surface area contributed by atoms with E-state index < -0.39 is 45.1 Å². The SMILES string of the molecule is CCCCC/C=C\C/C=C\C/C=C\CCCCCCCCCOCC(COP(=O)(O)OCC(N)C(=O)O)OC(=O)CCCCCCC/C=C\C/C=C\CCCCCC. The van der Waals surface area contributed by atoms with Crippen molar-refractivity contribution in [1.82, 2.24) is 0 Å². The van der Waals surface area contributed by atoms with Gasteiger partial charge in [0.15, 0.2) is 0 Å². The number of nitrogens with two attached hydrogens (primary N) is 1. The zero-order valence-corrected chi connectivity index (χ0v) is 37.5. The van der Waals surface area contributed by atoms with Gasteiger partial charge in [-0.3, -0.25) is 18.6 Å². The number of carboxylic acids is 1. The average molecular weight is 838 g/mol. The van der Waals surface area contributed by atoms with Crippen LogP contribution in [-0.2, 0) is 32.7 Å². The largest absolute Gasteiger partial charge is 0.480 e. The first kappa shape index (κ1) is 55.7. The molecule has 0 saturated carbocycles. The van der Waals surface area contributed by atoms with E-state index >= 15 is 0 Å². The second-order valence-corrected chi connectivity index (χ2v) is 16.6. The number of phosphoric acid groups is 1. The highest BCUT2D eigenvalue weighted by atomic mass is 31.2. The summed E-state index contributed by atoms with van der Waals surface area (Å²) in [6, 6.07) is -1.48. The van der Waals surface area contributed by atoms with Crippen LogP contribution in [0.25, 0.3) is 0 Å². The number of hydrogen-bond acceptors (Lipinski definition) is 8. The highest BCUT2D eigenvalue weighted by Crippen LogP contribution is 2.43. The van der Waals surface area contributed by atoms with Crippen molar-refractivity contribution < 1.29 is 42.7 Å². The Bertz CT molecular complexity index is 1150. The molecule has 0 amide bonds. The fourth-order valence-electron chi connectivity index (χ4n) is 5.93. The maximum Gasteiger partial charge on any atom is 0.472 e. The Kier molecular flexibility index (Phi) is 41.1. The lowest BCUT2D eigenvalue weighted by atomic mass is 10.1. The Hall–Kier alpha value is -2.33. The van der Waals surface area contributed by atoms with Gasteiger partial charge in [0.05, 0.1) is 19.8 Å². The van der Waals surface area contributed by atoms with Gasteiger partial charge >= 0.3 is 19.8 Å². The third kappa shape index (κ3) is 41.8. The van der Waals surface area contributed by atoms with Crippen LogP contribution < -0.4 is 5.73 Å². The molecule has 0 aliphatic heterocycles. The van der Waals surface area contributed by atoms with Crippen LogP contribution in [0.4, 0.5) is 0 Å². The van der Waals surface area contributed by atoms with E-state index in [-0.39, 0.29) is 13.0 Å². The summed E-state index contributed by atoms with van der Waals surface area (Å²) in [5, 5.41) is 8.90. The summed E-state index contributed by atoms with van der Waals surface area (Å²) in [4.78, 5) is 33.6. The highest BCUT2D eigenvalue weighted by Gasteiger charge is 2.27. The summed E-state index contributed by atoms with van der Waals surface area (Å²) in [7, 11) is -4.63. The quantitative estimate of drug-likeness (QED) is 0.0234. The van der Waals surface area contributed by atoms with E-state index in [0.717, 1.165) is 77.0 Å². The first-order chi connectivity index (χ1) is 28.2. The molecule has 0 spiro atoms. The standard InChI is InChI=1S/C47H84NO9P/c1-3-5-7-9-11-13-15-17-19-21-22-23-24-26-28-30-32-34-36-38-40-54-41-44(42-55-58(52,53)56-43-45(48)47(50)51)57-46(49)39-37-35-33-31-29-27-25-20-18-16-14-12-10-8-6-4-2/h11,13-14,16-17,19-20,22-23,25,44-45H,3-10,12,15,18,21,24,26-43,48H2,1-2H3,(H,50,51)(H,52,53)/b13-11-,16-14-,19-17-,23-22-,25-20-. The molecule has 0 aromatic carbocycles. The summed E-state index contributed by atoms with van der Waals surface area (Å²) in [6.45, 7) is 3.79. The van der Waals surface area contributed by atoms with E-state index in [1.165, 1.54) is 83.5 Å². The maximum atomic E-state index is 12.6. The lowest BCUT2D eigenvalue weighted by Gasteiger charge is -2.20. The van der Waals surface area contributed by atoms with Gasteiger partial charge in [-0.15, -0.1) is 0 Å². The molecule has 58 heavy (non-hydrogen) atoms. The second-order valence-electron chi connectivity index (χ2n) is 15.2. The summed E-state index contributed by atoms with van der Waals surface area (Å²) in [5.74, 6) is -1.80. The van der Waals surface area contributed by atoms with Gasteiger partial charge in [-0.1, -0.05) is 158 Å². The fourth-order valence-corrected chi connectivity index (χ4v) is 6.71. The van der Waals surface area contributed by atoms with Crippen LogP contribution in [0.5, 0.6) is 0 Å². The summed E-state index contributed by atoms with van der Waals surface area (Å²) in [5.41, 5.74) is 5.36. The lowest BCUT2D eigenvalue weighted by molar-refractivity contribution is -0.154. The van der Waals surface area contributed by atoms with Crippen molar-refractivity contribution in [3.8, 4) is 0 Å². The number of ether oxygens (including phenoxy) is 2. The first-order valence-corrected chi connectivity index (χ1v) is 24.3. The molecule has 0 saturated heterocycles. The van der Waals surface area contributed by atoms with Gasteiger partial charge in [-0.25, -0.2) is 4.57 Å². The van der Waals surface area contributed by atoms with Crippen LogP contribution in [-0.4, -0.2) is 60.5 Å². The van der Waals surface area contributed by atoms with Crippen LogP contribution in [0.2, 0.25) is 0 Å². The minimum Gasteiger partial charge on any atom is -0.480 e. The van der Waals surface area contributed by atoms with Crippen LogP contribution in [0, 0.1) is 0 Å². The molecular weight excluding hydrogens is 753 g/mol. The number of hydrogen-bond donors (Lipinski definition) is 3. The number of unbranched alkanes of at least 4 members (excludes halogenated alkanes) is 19. The predicted octanol–water partition coefficient (Wildman–Crippen LogP) is 12.8. The van der Waals surface area contributed by atoms with Crippen molar-refractivity contribution in [2.75, 3.05) is 26.4 Å². The Balaban J connectivity index is 4.26. The molecule has 0 aliphatic carbocycles. The average Bonchev–Trinajstić information content (AvgIpc) is 3.20. The fraction of sp³-hybridized carbons (Fsp3) is 0.745. The maximum absolute atomic E-state index is 12.6. The Morgan fingerprint density at radius 1 is 0.552 bits per heavy atom. The molecule has 3 atom stereocenters. The molecule has 0 aliphatic rings. The number of esters is 1. The Labute approximate surface area is 353 Å². The van der Waals surface area contributed by atoms with Crippen molar-refractivity contribution in [3.05, 3.63) is 60.8 Å². The number of carboxylic acid groups (broad SMARTS) is 1. The van der Waals surface area contributed by atoms with Gasteiger partial charge in [-0.05, 0) is 83.5 Å². The highest BCUT2D eigenvalue weighted by molar-refractivity contribution is 7.47. The minimum absolute atomic E-state index is 0.00211. The first-order valence-electron chi connectivity index (χ1n) is 22.8. The van der Waals surface area contributed by atoms with Crippen LogP contribution in [0.3, 0.4) is 0 Å². The molecule has 4 N–H and O–H groups in total. The predicted molar refractivity (Wildman–Crippen MR) is 240 cm³/mol. The van der Waals surface area contributed by atoms with Gasteiger partial charge in [0.1, 0.15) is 12.1 Å². The van der Waals surface area contributed by atoms with Crippen molar-refractivity contribution in [2.45, 2.75) is 199 Å². The number of allylic oxidation sites excluding steroid dienone is 10. The zero-order chi connectivity index (χ0) is 42.6. The normalized spacial score (nSPS) is 14.4. The molecule has 0 bridgehead atoms. The van der Waals surface area contributed by atoms with E-state index in [4.69, 9.17) is 29.4 Å². The number of carbonyl (C=O) groups excluding carboxylic acids is 1. The molecule has 3 unspecified atom stereocenters. The smallest absolute Gasteiger partial charge is 0.472 e. The van der Waals surface area contributed by atoms with Gasteiger partial charge in [-0.2, -0.15) is 0 Å². The van der Waals surface area contributed by atoms with Crippen molar-refractivity contribution in [3.63, 3.8) is 0 Å². The van der Waals surface area contributed by atoms with Gasteiger partial charge in [0, 0.05) is 13.0 Å². The van der Waals surface area contributed by atoms with E-state index in [9.17, 15) is 19.0 Å². The third-order valence-electron chi connectivity index (χ3n) is 9.52. The summed E-state index contributed by atoms with van der Waals surface area (Å²) >= 11 is 0. The monoisotopic (exact) mass is 838 g/mol. The van der Waals surface area contributed by atoms with E-state index in [1.54, 1.807) is 0 Å². The molecule has 10 nitrogen and oxygen atoms in total. The van der Waals surface area contributed by atoms with Crippen LogP contribution in [0.15, 0.2) is 60.8 Å². The third-order valence-corrected chi connectivity index (χ3v) is 10.5. The Morgan fingerprint density at radius 2 is 0.948 bits per heavy atom. The molecule has 0 aromatic heterocycles. The topological polar surface area (TPSA) is 155 Å². The molecule has 336 valence electrons. The van der Waals surface area contributed by atoms with Gasteiger partial charge in [0.2, 0.25) is 0 Å². The van der Waals surface area contributed by atoms with Crippen molar-refractivity contribution >= 4 is 19.8 Å². The molecule has 11 heteroatoms. The molecule has 0 aromatic rings. The summed E-state index contributed by atoms with van der Waals surface area (Å²) in [6.07, 6.45) is 51.2. The zero-order valence-electron chi connectivity index (χ0n) is 36.6. The number of phosphoric ester groups is 1. The molecule has 0 rings (SSSR count). The number of aliphatic carboxylic acids is 1. The number of carbonyl (C=O) groups is 2. The molecule has 0 fully saturated rings. The second kappa shape index (κ2) is 42.8. The van der Waals surface area contributed by atoms with Gasteiger partial charge < -0.3 is 25.2 Å². The van der Waals surface area contributed by atoms with Crippen molar-refractivity contribution in [2.24, 2.45) is 5.73 Å². The van der Waals surface area contributed by atoms with E-state index in [1.807, 2.05) is 0 Å². The molecular formula is C47H84NO9P. The Morgan fingerprint density at radius 3 is 1.45 bits per heavy atom. The lowest BCUT2D eigenvalue weighted by Crippen LogP contribution is -2.34. The van der Waals surface area contributed by atoms with Crippen LogP contribution >= 0.6 is 7.82 Å². The van der Waals surface area contributed by atoms with Crippen molar-refractivity contribution in [1.29, 1.82) is 0 Å². The number of rotatable bonds is 43. The van der Waals surface area contributed by atoms with Gasteiger partial charge in [0.25, 0.3) is 0 Å².